The molecule has 0 saturated heterocycles. The molecule has 1 N–H and O–H groups in total. The smallest absolute Gasteiger partial charge is 0.338 e. The van der Waals surface area contributed by atoms with Crippen molar-refractivity contribution in [1.29, 1.82) is 0 Å². The lowest BCUT2D eigenvalue weighted by Crippen LogP contribution is -2.12. The number of fused-ring (bicyclic) bond motifs is 1. The lowest BCUT2D eigenvalue weighted by molar-refractivity contribution is 0.0692. The van der Waals surface area contributed by atoms with Crippen LogP contribution in [0.3, 0.4) is 0 Å². The van der Waals surface area contributed by atoms with Crippen LogP contribution in [0.2, 0.25) is 0 Å². The Kier molecular flexibility index (Phi) is 3.48. The van der Waals surface area contributed by atoms with Crippen LogP contribution in [0.5, 0.6) is 11.5 Å². The van der Waals surface area contributed by atoms with Crippen LogP contribution < -0.4 is 9.47 Å². The number of hydrogen-bond donors (Lipinski definition) is 1. The van der Waals surface area contributed by atoms with Crippen LogP contribution in [0.15, 0.2) is 42.5 Å². The van der Waals surface area contributed by atoms with Crippen LogP contribution in [0.1, 0.15) is 21.8 Å². The Bertz CT molecular complexity index is 684. The van der Waals surface area contributed by atoms with E-state index in [1.165, 1.54) is 12.1 Å². The number of carbonyl (C=O) groups is 1. The van der Waals surface area contributed by atoms with Crippen LogP contribution in [-0.2, 0) is 0 Å². The number of hydrogen-bond acceptors (Lipinski definition) is 3. The third-order valence-electron chi connectivity index (χ3n) is 3.42. The molecular weight excluding hydrogens is 275 g/mol. The van der Waals surface area contributed by atoms with Crippen molar-refractivity contribution < 1.29 is 23.8 Å². The van der Waals surface area contributed by atoms with Crippen molar-refractivity contribution >= 4 is 5.97 Å². The van der Waals surface area contributed by atoms with E-state index in [-0.39, 0.29) is 11.5 Å². The SMILES string of the molecule is O=C(O)c1ccc(OCC2COc3ccccc32)cc1F. The molecule has 0 radical (unpaired) electrons. The van der Waals surface area contributed by atoms with Gasteiger partial charge in [0.1, 0.15) is 17.3 Å². The van der Waals surface area contributed by atoms with Gasteiger partial charge in [-0.3, -0.25) is 0 Å². The van der Waals surface area contributed by atoms with Gasteiger partial charge in [0.2, 0.25) is 0 Å². The monoisotopic (exact) mass is 288 g/mol. The van der Waals surface area contributed by atoms with Gasteiger partial charge in [0.15, 0.2) is 0 Å². The summed E-state index contributed by atoms with van der Waals surface area (Å²) in [5.74, 6) is -0.857. The van der Waals surface area contributed by atoms with Crippen molar-refractivity contribution in [2.24, 2.45) is 0 Å². The predicted octanol–water partition coefficient (Wildman–Crippen LogP) is 3.08. The Labute approximate surface area is 120 Å². The summed E-state index contributed by atoms with van der Waals surface area (Å²) in [6.07, 6.45) is 0. The molecule has 2 aromatic carbocycles. The Morgan fingerprint density at radius 3 is 2.90 bits per heavy atom. The van der Waals surface area contributed by atoms with Crippen molar-refractivity contribution in [2.45, 2.75) is 5.92 Å². The van der Waals surface area contributed by atoms with Crippen molar-refractivity contribution in [3.63, 3.8) is 0 Å². The van der Waals surface area contributed by atoms with Gasteiger partial charge in [0.05, 0.1) is 24.7 Å². The molecule has 0 saturated carbocycles. The van der Waals surface area contributed by atoms with Crippen LogP contribution >= 0.6 is 0 Å². The van der Waals surface area contributed by atoms with Crippen LogP contribution in [0.4, 0.5) is 4.39 Å². The fourth-order valence-corrected chi connectivity index (χ4v) is 2.32. The topological polar surface area (TPSA) is 55.8 Å². The van der Waals surface area contributed by atoms with Gasteiger partial charge in [-0.25, -0.2) is 9.18 Å². The standard InChI is InChI=1S/C16H13FO4/c17-14-7-11(5-6-13(14)16(18)19)20-8-10-9-21-15-4-2-1-3-12(10)15/h1-7,10H,8-9H2,(H,18,19). The summed E-state index contributed by atoms with van der Waals surface area (Å²) in [7, 11) is 0. The minimum atomic E-state index is -1.29. The van der Waals surface area contributed by atoms with Crippen molar-refractivity contribution in [3.05, 3.63) is 59.4 Å². The first kappa shape index (κ1) is 13.4. The molecule has 21 heavy (non-hydrogen) atoms. The molecule has 1 heterocycles. The maximum absolute atomic E-state index is 13.6. The number of para-hydroxylation sites is 1. The van der Waals surface area contributed by atoms with Gasteiger partial charge in [0.25, 0.3) is 0 Å². The molecule has 0 aliphatic carbocycles. The number of rotatable bonds is 4. The number of ether oxygens (including phenoxy) is 2. The zero-order chi connectivity index (χ0) is 14.8. The highest BCUT2D eigenvalue weighted by Crippen LogP contribution is 2.33. The third kappa shape index (κ3) is 2.67. The summed E-state index contributed by atoms with van der Waals surface area (Å²) in [5, 5.41) is 8.77. The third-order valence-corrected chi connectivity index (χ3v) is 3.42. The second-order valence-electron chi connectivity index (χ2n) is 4.80. The molecule has 1 aliphatic heterocycles. The molecule has 108 valence electrons. The Hall–Kier alpha value is -2.56. The van der Waals surface area contributed by atoms with Gasteiger partial charge in [-0.1, -0.05) is 18.2 Å². The van der Waals surface area contributed by atoms with Crippen molar-refractivity contribution in [1.82, 2.24) is 0 Å². The van der Waals surface area contributed by atoms with E-state index < -0.39 is 11.8 Å². The molecule has 3 rings (SSSR count). The van der Waals surface area contributed by atoms with Crippen LogP contribution in [0, 0.1) is 5.82 Å². The Balaban J connectivity index is 1.69. The Morgan fingerprint density at radius 1 is 1.33 bits per heavy atom. The minimum Gasteiger partial charge on any atom is -0.493 e. The zero-order valence-corrected chi connectivity index (χ0v) is 11.1. The van der Waals surface area contributed by atoms with Crippen molar-refractivity contribution in [2.75, 3.05) is 13.2 Å². The molecule has 1 atom stereocenters. The lowest BCUT2D eigenvalue weighted by atomic mass is 10.0. The molecule has 0 fully saturated rings. The minimum absolute atomic E-state index is 0.0865. The van der Waals surface area contributed by atoms with E-state index in [1.807, 2.05) is 24.3 Å². The predicted molar refractivity (Wildman–Crippen MR) is 73.5 cm³/mol. The fraction of sp³-hybridized carbons (Fsp3) is 0.188. The lowest BCUT2D eigenvalue weighted by Gasteiger charge is -2.11. The molecule has 0 bridgehead atoms. The van der Waals surface area contributed by atoms with Gasteiger partial charge in [0, 0.05) is 11.6 Å². The summed E-state index contributed by atoms with van der Waals surface area (Å²) in [6.45, 7) is 0.873. The van der Waals surface area contributed by atoms with Gasteiger partial charge < -0.3 is 14.6 Å². The molecule has 5 heteroatoms. The van der Waals surface area contributed by atoms with E-state index in [2.05, 4.69) is 0 Å². The summed E-state index contributed by atoms with van der Waals surface area (Å²) in [5.41, 5.74) is 0.706. The molecule has 1 unspecified atom stereocenters. The summed E-state index contributed by atoms with van der Waals surface area (Å²) >= 11 is 0. The highest BCUT2D eigenvalue weighted by Gasteiger charge is 2.24. The molecule has 0 spiro atoms. The van der Waals surface area contributed by atoms with Crippen molar-refractivity contribution in [3.8, 4) is 11.5 Å². The number of aromatic carboxylic acids is 1. The highest BCUT2D eigenvalue weighted by atomic mass is 19.1. The average molecular weight is 288 g/mol. The molecule has 4 nitrogen and oxygen atoms in total. The zero-order valence-electron chi connectivity index (χ0n) is 11.1. The van der Waals surface area contributed by atoms with Gasteiger partial charge in [-0.15, -0.1) is 0 Å². The van der Waals surface area contributed by atoms with E-state index in [1.54, 1.807) is 0 Å². The number of halogens is 1. The Morgan fingerprint density at radius 2 is 2.14 bits per heavy atom. The normalized spacial score (nSPS) is 16.1. The average Bonchev–Trinajstić information content (AvgIpc) is 2.88. The summed E-state index contributed by atoms with van der Waals surface area (Å²) < 4.78 is 24.6. The maximum Gasteiger partial charge on any atom is 0.338 e. The van der Waals surface area contributed by atoms with E-state index in [0.717, 1.165) is 17.4 Å². The number of carboxylic acid groups (broad SMARTS) is 1. The molecule has 2 aromatic rings. The molecule has 1 aliphatic rings. The maximum atomic E-state index is 13.6. The van der Waals surface area contributed by atoms with E-state index in [0.29, 0.717) is 19.0 Å². The van der Waals surface area contributed by atoms with Crippen LogP contribution in [0.25, 0.3) is 0 Å². The first-order valence-corrected chi connectivity index (χ1v) is 6.52. The molecule has 0 aromatic heterocycles. The van der Waals surface area contributed by atoms with Crippen LogP contribution in [-0.4, -0.2) is 24.3 Å². The number of carboxylic acids is 1. The quantitative estimate of drug-likeness (QED) is 0.939. The van der Waals surface area contributed by atoms with Gasteiger partial charge >= 0.3 is 5.97 Å². The van der Waals surface area contributed by atoms with Gasteiger partial charge in [-0.2, -0.15) is 0 Å². The summed E-state index contributed by atoms with van der Waals surface area (Å²) in [6, 6.07) is 11.5. The molecular formula is C16H13FO4. The second kappa shape index (κ2) is 5.44. The fourth-order valence-electron chi connectivity index (χ4n) is 2.32. The summed E-state index contributed by atoms with van der Waals surface area (Å²) in [4.78, 5) is 10.7. The van der Waals surface area contributed by atoms with E-state index in [4.69, 9.17) is 14.6 Å². The van der Waals surface area contributed by atoms with E-state index >= 15 is 0 Å². The second-order valence-corrected chi connectivity index (χ2v) is 4.80. The first-order valence-electron chi connectivity index (χ1n) is 6.52. The van der Waals surface area contributed by atoms with Gasteiger partial charge in [-0.05, 0) is 18.2 Å². The largest absolute Gasteiger partial charge is 0.493 e. The van der Waals surface area contributed by atoms with E-state index in [9.17, 15) is 9.18 Å². The first-order chi connectivity index (χ1) is 10.1. The number of benzene rings is 2. The highest BCUT2D eigenvalue weighted by molar-refractivity contribution is 5.88. The molecule has 0 amide bonds.